The molecule has 0 aromatic rings. The molecule has 0 aromatic heterocycles. The molecule has 5 fully saturated rings. The van der Waals surface area contributed by atoms with Crippen molar-refractivity contribution in [2.24, 2.45) is 33.5 Å². The van der Waals surface area contributed by atoms with E-state index < -0.39 is 81.7 Å². The first-order valence-corrected chi connectivity index (χ1v) is 13.5. The lowest BCUT2D eigenvalue weighted by molar-refractivity contribution is -0.295. The summed E-state index contributed by atoms with van der Waals surface area (Å²) < 4.78 is 28.6. The molecule has 212 valence electrons. The molecule has 3 saturated carbocycles. The number of methoxy groups -OCH3 is 1. The first kappa shape index (κ1) is 27.4. The molecule has 38 heavy (non-hydrogen) atoms. The Labute approximate surface area is 223 Å². The summed E-state index contributed by atoms with van der Waals surface area (Å²) in [6.45, 7) is 12.7. The van der Waals surface area contributed by atoms with Gasteiger partial charge in [-0.2, -0.15) is 0 Å². The number of cyclic esters (lactones) is 1. The molecule has 5 rings (SSSR count). The van der Waals surface area contributed by atoms with Gasteiger partial charge in [-0.1, -0.05) is 34.6 Å². The fourth-order valence-corrected chi connectivity index (χ4v) is 9.77. The largest absolute Gasteiger partial charge is 0.466 e. The fraction of sp³-hybridized carbons (Fsp3) is 0.857. The lowest BCUT2D eigenvalue weighted by atomic mass is 9.34. The van der Waals surface area contributed by atoms with Gasteiger partial charge in [0.15, 0.2) is 6.10 Å². The van der Waals surface area contributed by atoms with Gasteiger partial charge in [0.05, 0.1) is 13.2 Å². The second-order valence-electron chi connectivity index (χ2n) is 13.3. The molecule has 10 nitrogen and oxygen atoms in total. The van der Waals surface area contributed by atoms with E-state index >= 15 is 0 Å². The number of rotatable bonds is 3. The van der Waals surface area contributed by atoms with Gasteiger partial charge in [-0.3, -0.25) is 9.59 Å². The van der Waals surface area contributed by atoms with Gasteiger partial charge in [0.2, 0.25) is 6.10 Å². The van der Waals surface area contributed by atoms with E-state index in [4.69, 9.17) is 23.7 Å². The lowest BCUT2D eigenvalue weighted by Crippen LogP contribution is -2.76. The van der Waals surface area contributed by atoms with Crippen LogP contribution in [-0.2, 0) is 42.9 Å². The Balaban J connectivity index is 1.66. The smallest absolute Gasteiger partial charge is 0.347 e. The second-order valence-corrected chi connectivity index (χ2v) is 13.3. The lowest BCUT2D eigenvalue weighted by Gasteiger charge is -2.71. The Bertz CT molecular complexity index is 1090. The van der Waals surface area contributed by atoms with Crippen molar-refractivity contribution in [1.29, 1.82) is 0 Å². The molecule has 0 amide bonds. The maximum atomic E-state index is 13.0. The summed E-state index contributed by atoms with van der Waals surface area (Å²) in [5, 5.41) is 12.0. The summed E-state index contributed by atoms with van der Waals surface area (Å²) in [6, 6.07) is 0. The highest BCUT2D eigenvalue weighted by molar-refractivity contribution is 5.88. The Morgan fingerprint density at radius 1 is 0.947 bits per heavy atom. The number of carbonyl (C=O) groups excluding carboxylic acids is 4. The quantitative estimate of drug-likeness (QED) is 0.325. The topological polar surface area (TPSA) is 138 Å². The molecule has 5 aliphatic rings. The molecule has 2 saturated heterocycles. The second kappa shape index (κ2) is 8.16. The maximum absolute atomic E-state index is 13.0. The first-order chi connectivity index (χ1) is 17.5. The molecule has 0 bridgehead atoms. The van der Waals surface area contributed by atoms with Crippen LogP contribution in [0, 0.1) is 33.5 Å². The van der Waals surface area contributed by atoms with Crippen molar-refractivity contribution in [1.82, 2.24) is 0 Å². The van der Waals surface area contributed by atoms with E-state index in [1.54, 1.807) is 0 Å². The van der Waals surface area contributed by atoms with Crippen molar-refractivity contribution >= 4 is 23.9 Å². The summed E-state index contributed by atoms with van der Waals surface area (Å²) in [7, 11) is 1.26. The predicted octanol–water partition coefficient (Wildman–Crippen LogP) is 2.33. The predicted molar refractivity (Wildman–Crippen MR) is 130 cm³/mol. The Morgan fingerprint density at radius 2 is 1.55 bits per heavy atom. The highest BCUT2D eigenvalue weighted by atomic mass is 16.7. The Hall–Kier alpha value is -2.20. The van der Waals surface area contributed by atoms with Crippen LogP contribution >= 0.6 is 0 Å². The van der Waals surface area contributed by atoms with Gasteiger partial charge < -0.3 is 28.8 Å². The number of aliphatic hydroxyl groups is 1. The van der Waals surface area contributed by atoms with Crippen LogP contribution in [-0.4, -0.2) is 72.2 Å². The molecule has 3 aliphatic carbocycles. The zero-order chi connectivity index (χ0) is 28.2. The molecule has 1 spiro atoms. The van der Waals surface area contributed by atoms with Gasteiger partial charge in [-0.15, -0.1) is 0 Å². The van der Waals surface area contributed by atoms with E-state index in [2.05, 4.69) is 6.92 Å². The van der Waals surface area contributed by atoms with Gasteiger partial charge in [-0.05, 0) is 31.1 Å². The van der Waals surface area contributed by atoms with Crippen molar-refractivity contribution < 1.29 is 48.0 Å². The van der Waals surface area contributed by atoms with Crippen LogP contribution in [0.1, 0.15) is 74.1 Å². The molecule has 11 atom stereocenters. The summed E-state index contributed by atoms with van der Waals surface area (Å²) >= 11 is 0. The fourth-order valence-electron chi connectivity index (χ4n) is 9.77. The van der Waals surface area contributed by atoms with E-state index in [0.29, 0.717) is 25.7 Å². The van der Waals surface area contributed by atoms with Gasteiger partial charge in [-0.25, -0.2) is 9.59 Å². The third-order valence-electron chi connectivity index (χ3n) is 11.5. The van der Waals surface area contributed by atoms with Crippen LogP contribution in [0.25, 0.3) is 0 Å². The Morgan fingerprint density at radius 3 is 2.13 bits per heavy atom. The van der Waals surface area contributed by atoms with E-state index in [0.717, 1.165) is 0 Å². The van der Waals surface area contributed by atoms with Crippen LogP contribution < -0.4 is 0 Å². The van der Waals surface area contributed by atoms with Crippen molar-refractivity contribution in [3.05, 3.63) is 0 Å². The van der Waals surface area contributed by atoms with Gasteiger partial charge in [0.1, 0.15) is 17.8 Å². The van der Waals surface area contributed by atoms with Crippen molar-refractivity contribution in [2.75, 3.05) is 7.11 Å². The van der Waals surface area contributed by atoms with Crippen LogP contribution in [0.2, 0.25) is 0 Å². The molecule has 0 aromatic carbocycles. The molecular weight excluding hydrogens is 496 g/mol. The molecular formula is C28H40O10. The number of esters is 4. The third-order valence-corrected chi connectivity index (χ3v) is 11.5. The standard InChI is InChI=1S/C28H40O10/c1-13(29)35-18-12-19(36-14(2)30)26(6)15-9-10-25(5)20(22(32)34-8)37-23(33)21-28(25,38-21)27(15,7)17(31)11-16(26)24(18,3)4/h15-21,31H,9-12H2,1-8H3/t15-,16?,17-,18-,19+,20+,21?,25+,26-,27+,28?/m1/s1. The number of fused-ring (bicyclic) bond motifs is 3. The minimum Gasteiger partial charge on any atom is -0.466 e. The minimum atomic E-state index is -1.16. The number of ether oxygens (including phenoxy) is 5. The highest BCUT2D eigenvalue weighted by Crippen LogP contribution is 2.78. The maximum Gasteiger partial charge on any atom is 0.347 e. The minimum absolute atomic E-state index is 0.185. The van der Waals surface area contributed by atoms with E-state index in [1.165, 1.54) is 21.0 Å². The highest BCUT2D eigenvalue weighted by Gasteiger charge is 2.89. The zero-order valence-corrected chi connectivity index (χ0v) is 23.5. The van der Waals surface area contributed by atoms with E-state index in [-0.39, 0.29) is 11.8 Å². The van der Waals surface area contributed by atoms with Crippen LogP contribution in [0.4, 0.5) is 0 Å². The monoisotopic (exact) mass is 536 g/mol. The molecule has 3 unspecified atom stereocenters. The number of hydrogen-bond acceptors (Lipinski definition) is 10. The molecule has 0 radical (unpaired) electrons. The SMILES string of the molecule is COC(=O)[C@@H]1OC(=O)C2OC23[C@]2(C)[C@H](O)CC4C(C)(C)[C@H](OC(C)=O)C[C@H](OC(C)=O)[C@]4(C)[C@H]2CC[C@@]13C. The third kappa shape index (κ3) is 3.07. The number of hydrogen-bond donors (Lipinski definition) is 1. The number of aliphatic hydroxyl groups excluding tert-OH is 1. The number of epoxide rings is 1. The van der Waals surface area contributed by atoms with Crippen molar-refractivity contribution in [2.45, 2.75) is 110 Å². The molecule has 2 heterocycles. The molecule has 1 N–H and O–H groups in total. The summed E-state index contributed by atoms with van der Waals surface area (Å²) in [5.74, 6) is -2.55. The van der Waals surface area contributed by atoms with Crippen LogP contribution in [0.5, 0.6) is 0 Å². The first-order valence-electron chi connectivity index (χ1n) is 13.5. The van der Waals surface area contributed by atoms with Gasteiger partial charge in [0.25, 0.3) is 0 Å². The molecule has 2 aliphatic heterocycles. The summed E-state index contributed by atoms with van der Waals surface area (Å²) in [4.78, 5) is 50.3. The average Bonchev–Trinajstić information content (AvgIpc) is 3.59. The van der Waals surface area contributed by atoms with Crippen molar-refractivity contribution in [3.8, 4) is 0 Å². The van der Waals surface area contributed by atoms with E-state index in [9.17, 15) is 24.3 Å². The average molecular weight is 537 g/mol. The Kier molecular flexibility index (Phi) is 5.88. The zero-order valence-electron chi connectivity index (χ0n) is 23.5. The number of carbonyl (C=O) groups is 4. The van der Waals surface area contributed by atoms with Crippen LogP contribution in [0.15, 0.2) is 0 Å². The summed E-state index contributed by atoms with van der Waals surface area (Å²) in [6.07, 6.45) is -2.39. The summed E-state index contributed by atoms with van der Waals surface area (Å²) in [5.41, 5.74) is -4.22. The molecule has 10 heteroatoms. The normalized spacial score (nSPS) is 50.1. The van der Waals surface area contributed by atoms with Crippen LogP contribution in [0.3, 0.4) is 0 Å². The van der Waals surface area contributed by atoms with Gasteiger partial charge >= 0.3 is 23.9 Å². The van der Waals surface area contributed by atoms with E-state index in [1.807, 2.05) is 27.7 Å². The van der Waals surface area contributed by atoms with Gasteiger partial charge in [0, 0.05) is 41.9 Å². The van der Waals surface area contributed by atoms with Crippen molar-refractivity contribution in [3.63, 3.8) is 0 Å².